The van der Waals surface area contributed by atoms with Crippen molar-refractivity contribution in [2.45, 2.75) is 26.8 Å². The first-order valence-corrected chi connectivity index (χ1v) is 10.4. The van der Waals surface area contributed by atoms with Crippen LogP contribution in [0.3, 0.4) is 0 Å². The third-order valence-electron chi connectivity index (χ3n) is 5.69. The van der Waals surface area contributed by atoms with Crippen molar-refractivity contribution in [1.29, 1.82) is 0 Å². The number of morpholine rings is 1. The van der Waals surface area contributed by atoms with Gasteiger partial charge < -0.3 is 19.0 Å². The number of ether oxygens (including phenoxy) is 1. The predicted molar refractivity (Wildman–Crippen MR) is 116 cm³/mol. The number of rotatable bonds is 6. The van der Waals surface area contributed by atoms with Gasteiger partial charge in [0.1, 0.15) is 11.5 Å². The number of hydrogen-bond acceptors (Lipinski definition) is 4. The van der Waals surface area contributed by atoms with Gasteiger partial charge in [0.2, 0.25) is 0 Å². The fraction of sp³-hybridized carbons (Fsp3) is 0.375. The minimum Gasteiger partial charge on any atom is -0.465 e. The number of amides is 1. The van der Waals surface area contributed by atoms with Crippen LogP contribution >= 0.6 is 0 Å². The van der Waals surface area contributed by atoms with E-state index in [1.54, 1.807) is 0 Å². The standard InChI is InChI=1S/C24H29N3O3/c1-17-4-5-18(2)27(17)21-9-7-20(8-10-21)24(28)25-16-22(23-11-6-19(3)30-23)26-12-14-29-15-13-26/h4-11,22H,12-16H2,1-3H3,(H,25,28). The van der Waals surface area contributed by atoms with Gasteiger partial charge in [-0.1, -0.05) is 0 Å². The molecule has 0 spiro atoms. The first-order valence-electron chi connectivity index (χ1n) is 10.4. The quantitative estimate of drug-likeness (QED) is 0.675. The van der Waals surface area contributed by atoms with Gasteiger partial charge >= 0.3 is 0 Å². The summed E-state index contributed by atoms with van der Waals surface area (Å²) in [5.74, 6) is 1.67. The van der Waals surface area contributed by atoms with E-state index in [4.69, 9.17) is 9.15 Å². The summed E-state index contributed by atoms with van der Waals surface area (Å²) < 4.78 is 13.5. The van der Waals surface area contributed by atoms with Crippen LogP contribution in [0.1, 0.15) is 39.3 Å². The molecule has 4 rings (SSSR count). The van der Waals surface area contributed by atoms with E-state index in [2.05, 4.69) is 40.8 Å². The molecule has 0 aliphatic carbocycles. The number of benzene rings is 1. The Morgan fingerprint density at radius 2 is 1.63 bits per heavy atom. The summed E-state index contributed by atoms with van der Waals surface area (Å²) in [7, 11) is 0. The number of aryl methyl sites for hydroxylation is 3. The maximum Gasteiger partial charge on any atom is 0.251 e. The van der Waals surface area contributed by atoms with E-state index >= 15 is 0 Å². The normalized spacial score (nSPS) is 15.8. The number of nitrogens with zero attached hydrogens (tertiary/aromatic N) is 2. The zero-order valence-corrected chi connectivity index (χ0v) is 17.9. The maximum absolute atomic E-state index is 12.8. The smallest absolute Gasteiger partial charge is 0.251 e. The van der Waals surface area contributed by atoms with Gasteiger partial charge in [-0.2, -0.15) is 0 Å². The molecule has 1 atom stereocenters. The largest absolute Gasteiger partial charge is 0.465 e. The van der Waals surface area contributed by atoms with Gasteiger partial charge in [0.05, 0.1) is 19.3 Å². The summed E-state index contributed by atoms with van der Waals surface area (Å²) in [5.41, 5.74) is 4.06. The zero-order chi connectivity index (χ0) is 21.1. The molecular formula is C24H29N3O3. The summed E-state index contributed by atoms with van der Waals surface area (Å²) in [6, 6.07) is 15.9. The van der Waals surface area contributed by atoms with E-state index in [-0.39, 0.29) is 11.9 Å². The van der Waals surface area contributed by atoms with Crippen LogP contribution in [0.15, 0.2) is 52.9 Å². The van der Waals surface area contributed by atoms with Crippen molar-refractivity contribution in [2.24, 2.45) is 0 Å². The molecule has 1 N–H and O–H groups in total. The molecule has 6 heteroatoms. The van der Waals surface area contributed by atoms with Crippen molar-refractivity contribution >= 4 is 5.91 Å². The third kappa shape index (κ3) is 4.35. The monoisotopic (exact) mass is 407 g/mol. The molecule has 0 saturated carbocycles. The Hall–Kier alpha value is -2.83. The highest BCUT2D eigenvalue weighted by atomic mass is 16.5. The van der Waals surface area contributed by atoms with E-state index in [9.17, 15) is 4.79 Å². The Kier molecular flexibility index (Phi) is 6.06. The summed E-state index contributed by atoms with van der Waals surface area (Å²) in [4.78, 5) is 15.1. The topological polar surface area (TPSA) is 59.6 Å². The number of hydrogen-bond donors (Lipinski definition) is 1. The fourth-order valence-corrected chi connectivity index (χ4v) is 4.06. The van der Waals surface area contributed by atoms with Gasteiger partial charge in [-0.05, 0) is 69.3 Å². The molecule has 1 fully saturated rings. The average molecular weight is 408 g/mol. The van der Waals surface area contributed by atoms with E-state index in [1.807, 2.05) is 43.3 Å². The Labute approximate surface area is 177 Å². The van der Waals surface area contributed by atoms with Gasteiger partial charge in [0.25, 0.3) is 5.91 Å². The molecule has 1 aromatic carbocycles. The van der Waals surface area contributed by atoms with Gasteiger partial charge in [-0.3, -0.25) is 9.69 Å². The first kappa shape index (κ1) is 20.4. The van der Waals surface area contributed by atoms with Crippen LogP contribution in [-0.2, 0) is 4.74 Å². The van der Waals surface area contributed by atoms with E-state index in [1.165, 1.54) is 11.4 Å². The molecule has 0 bridgehead atoms. The van der Waals surface area contributed by atoms with Crippen molar-refractivity contribution in [1.82, 2.24) is 14.8 Å². The molecule has 158 valence electrons. The van der Waals surface area contributed by atoms with Gasteiger partial charge in [0.15, 0.2) is 0 Å². The molecular weight excluding hydrogens is 378 g/mol. The lowest BCUT2D eigenvalue weighted by Crippen LogP contribution is -2.43. The van der Waals surface area contributed by atoms with E-state index in [0.29, 0.717) is 25.3 Å². The molecule has 1 aliphatic heterocycles. The lowest BCUT2D eigenvalue weighted by Gasteiger charge is -2.33. The number of aromatic nitrogens is 1. The van der Waals surface area contributed by atoms with Crippen molar-refractivity contribution < 1.29 is 13.9 Å². The minimum absolute atomic E-state index is 0.00371. The van der Waals surface area contributed by atoms with Crippen molar-refractivity contribution in [2.75, 3.05) is 32.8 Å². The van der Waals surface area contributed by atoms with Gasteiger partial charge in [-0.25, -0.2) is 0 Å². The first-order chi connectivity index (χ1) is 14.5. The van der Waals surface area contributed by atoms with Crippen LogP contribution in [0.2, 0.25) is 0 Å². The minimum atomic E-state index is -0.0796. The maximum atomic E-state index is 12.8. The number of furan rings is 1. The molecule has 30 heavy (non-hydrogen) atoms. The highest BCUT2D eigenvalue weighted by Crippen LogP contribution is 2.23. The van der Waals surface area contributed by atoms with Crippen LogP contribution in [0.4, 0.5) is 0 Å². The van der Waals surface area contributed by atoms with Gasteiger partial charge in [0, 0.05) is 42.3 Å². The lowest BCUT2D eigenvalue weighted by molar-refractivity contribution is 0.0117. The zero-order valence-electron chi connectivity index (χ0n) is 17.9. The molecule has 6 nitrogen and oxygen atoms in total. The Morgan fingerprint density at radius 3 is 2.23 bits per heavy atom. The van der Waals surface area contributed by atoms with Crippen LogP contribution < -0.4 is 5.32 Å². The fourth-order valence-electron chi connectivity index (χ4n) is 4.06. The third-order valence-corrected chi connectivity index (χ3v) is 5.69. The van der Waals surface area contributed by atoms with Crippen molar-refractivity contribution in [3.05, 3.63) is 77.0 Å². The molecule has 2 aromatic heterocycles. The Balaban J connectivity index is 1.45. The molecule has 1 saturated heterocycles. The lowest BCUT2D eigenvalue weighted by atomic mass is 10.1. The highest BCUT2D eigenvalue weighted by molar-refractivity contribution is 5.94. The van der Waals surface area contributed by atoms with E-state index in [0.717, 1.165) is 30.3 Å². The Morgan fingerprint density at radius 1 is 0.967 bits per heavy atom. The molecule has 1 aliphatic rings. The van der Waals surface area contributed by atoms with Crippen molar-refractivity contribution in [3.8, 4) is 5.69 Å². The highest BCUT2D eigenvalue weighted by Gasteiger charge is 2.25. The summed E-state index contributed by atoms with van der Waals surface area (Å²) in [6.07, 6.45) is 0. The van der Waals surface area contributed by atoms with Crippen LogP contribution in [0.25, 0.3) is 5.69 Å². The number of carbonyl (C=O) groups excluding carboxylic acids is 1. The number of carbonyl (C=O) groups is 1. The number of nitrogens with one attached hydrogen (secondary N) is 1. The summed E-state index contributed by atoms with van der Waals surface area (Å²) >= 11 is 0. The second-order valence-corrected chi connectivity index (χ2v) is 7.82. The molecule has 3 aromatic rings. The van der Waals surface area contributed by atoms with Crippen molar-refractivity contribution in [3.63, 3.8) is 0 Å². The van der Waals surface area contributed by atoms with E-state index < -0.39 is 0 Å². The second-order valence-electron chi connectivity index (χ2n) is 7.82. The molecule has 0 radical (unpaired) electrons. The SMILES string of the molecule is Cc1ccc(C(CNC(=O)c2ccc(-n3c(C)ccc3C)cc2)N2CCOCC2)o1. The summed E-state index contributed by atoms with van der Waals surface area (Å²) in [5, 5.41) is 3.09. The van der Waals surface area contributed by atoms with Crippen LogP contribution in [-0.4, -0.2) is 48.2 Å². The molecule has 1 amide bonds. The molecule has 1 unspecified atom stereocenters. The predicted octanol–water partition coefficient (Wildman–Crippen LogP) is 3.80. The summed E-state index contributed by atoms with van der Waals surface area (Å²) in [6.45, 7) is 9.63. The average Bonchev–Trinajstić information content (AvgIpc) is 3.34. The molecule has 3 heterocycles. The second kappa shape index (κ2) is 8.90. The van der Waals surface area contributed by atoms with Crippen LogP contribution in [0.5, 0.6) is 0 Å². The Bertz CT molecular complexity index is 978. The van der Waals surface area contributed by atoms with Crippen LogP contribution in [0, 0.1) is 20.8 Å². The van der Waals surface area contributed by atoms with Gasteiger partial charge in [-0.15, -0.1) is 0 Å².